The lowest BCUT2D eigenvalue weighted by atomic mass is 10.2. The molecule has 1 heterocycles. The van der Waals surface area contributed by atoms with Crippen LogP contribution in [-0.2, 0) is 6.54 Å². The van der Waals surface area contributed by atoms with E-state index >= 15 is 0 Å². The van der Waals surface area contributed by atoms with Gasteiger partial charge in [0.1, 0.15) is 17.3 Å². The molecular weight excluding hydrogens is 271 g/mol. The van der Waals surface area contributed by atoms with Crippen LogP contribution in [0, 0.1) is 5.82 Å². The Kier molecular flexibility index (Phi) is 4.98. The predicted molar refractivity (Wildman–Crippen MR) is 78.3 cm³/mol. The second kappa shape index (κ2) is 7.14. The molecule has 2 rings (SSSR count). The van der Waals surface area contributed by atoms with Gasteiger partial charge in [-0.05, 0) is 6.07 Å². The third-order valence-electron chi connectivity index (χ3n) is 2.71. The minimum atomic E-state index is -0.317. The fourth-order valence-corrected chi connectivity index (χ4v) is 1.62. The third-order valence-corrected chi connectivity index (χ3v) is 2.71. The molecule has 1 aromatic heterocycles. The number of nitrogens with zero attached hydrogens (tertiary/aromatic N) is 2. The maximum Gasteiger partial charge on any atom is 0.271 e. The van der Waals surface area contributed by atoms with Gasteiger partial charge in [0.05, 0.1) is 12.4 Å². The molecule has 0 unspecified atom stereocenters. The predicted octanol–water partition coefficient (Wildman–Crippen LogP) is 2.14. The van der Waals surface area contributed by atoms with Gasteiger partial charge < -0.3 is 10.6 Å². The van der Waals surface area contributed by atoms with Gasteiger partial charge in [-0.3, -0.25) is 4.79 Å². The summed E-state index contributed by atoms with van der Waals surface area (Å²) in [6.07, 6.45) is 4.38. The Morgan fingerprint density at radius 2 is 2.10 bits per heavy atom. The number of nitrogens with one attached hydrogen (secondary N) is 2. The first-order valence-electron chi connectivity index (χ1n) is 6.39. The topological polar surface area (TPSA) is 66.9 Å². The van der Waals surface area contributed by atoms with Crippen molar-refractivity contribution in [1.29, 1.82) is 0 Å². The second-order valence-corrected chi connectivity index (χ2v) is 4.23. The Balaban J connectivity index is 1.95. The van der Waals surface area contributed by atoms with Gasteiger partial charge in [-0.2, -0.15) is 0 Å². The number of anilines is 1. The summed E-state index contributed by atoms with van der Waals surface area (Å²) in [6, 6.07) is 6.48. The van der Waals surface area contributed by atoms with E-state index in [0.717, 1.165) is 0 Å². The number of hydrogen-bond donors (Lipinski definition) is 2. The van der Waals surface area contributed by atoms with Crippen molar-refractivity contribution >= 4 is 11.7 Å². The smallest absolute Gasteiger partial charge is 0.271 e. The molecule has 0 saturated carbocycles. The van der Waals surface area contributed by atoms with E-state index < -0.39 is 0 Å². The van der Waals surface area contributed by atoms with E-state index in [1.54, 1.807) is 24.3 Å². The van der Waals surface area contributed by atoms with E-state index in [9.17, 15) is 9.18 Å². The third kappa shape index (κ3) is 4.10. The first kappa shape index (κ1) is 14.6. The van der Waals surface area contributed by atoms with Crippen molar-refractivity contribution in [1.82, 2.24) is 15.3 Å². The number of hydrogen-bond acceptors (Lipinski definition) is 4. The summed E-state index contributed by atoms with van der Waals surface area (Å²) in [7, 11) is 0. The van der Waals surface area contributed by atoms with Crippen LogP contribution in [0.15, 0.2) is 49.3 Å². The van der Waals surface area contributed by atoms with Gasteiger partial charge in [0, 0.05) is 18.7 Å². The van der Waals surface area contributed by atoms with Crippen LogP contribution in [0.2, 0.25) is 0 Å². The summed E-state index contributed by atoms with van der Waals surface area (Å²) in [4.78, 5) is 19.7. The molecule has 1 aromatic carbocycles. The molecule has 0 aliphatic carbocycles. The fourth-order valence-electron chi connectivity index (χ4n) is 1.62. The van der Waals surface area contributed by atoms with Gasteiger partial charge in [-0.25, -0.2) is 14.4 Å². The normalized spacial score (nSPS) is 9.95. The van der Waals surface area contributed by atoms with E-state index in [1.807, 2.05) is 0 Å². The molecule has 0 aliphatic rings. The van der Waals surface area contributed by atoms with E-state index in [4.69, 9.17) is 0 Å². The van der Waals surface area contributed by atoms with E-state index in [-0.39, 0.29) is 17.4 Å². The highest BCUT2D eigenvalue weighted by atomic mass is 19.1. The van der Waals surface area contributed by atoms with Crippen molar-refractivity contribution in [3.8, 4) is 0 Å². The van der Waals surface area contributed by atoms with Crippen LogP contribution in [0.5, 0.6) is 0 Å². The van der Waals surface area contributed by atoms with Gasteiger partial charge in [-0.15, -0.1) is 6.58 Å². The summed E-state index contributed by atoms with van der Waals surface area (Å²) < 4.78 is 13.4. The molecule has 0 bridgehead atoms. The highest BCUT2D eigenvalue weighted by molar-refractivity contribution is 5.92. The lowest BCUT2D eigenvalue weighted by Gasteiger charge is -2.07. The second-order valence-electron chi connectivity index (χ2n) is 4.23. The van der Waals surface area contributed by atoms with E-state index in [2.05, 4.69) is 27.2 Å². The Labute approximate surface area is 121 Å². The highest BCUT2D eigenvalue weighted by Crippen LogP contribution is 2.09. The zero-order valence-electron chi connectivity index (χ0n) is 11.3. The number of halogens is 1. The van der Waals surface area contributed by atoms with E-state index in [1.165, 1.54) is 18.5 Å². The molecule has 5 nitrogen and oxygen atoms in total. The minimum Gasteiger partial charge on any atom is -0.365 e. The molecule has 0 saturated heterocycles. The first-order chi connectivity index (χ1) is 10.2. The van der Waals surface area contributed by atoms with Crippen LogP contribution in [0.25, 0.3) is 0 Å². The summed E-state index contributed by atoms with van der Waals surface area (Å²) in [6.45, 7) is 4.17. The van der Waals surface area contributed by atoms with Gasteiger partial charge >= 0.3 is 0 Å². The Bertz CT molecular complexity index is 628. The zero-order chi connectivity index (χ0) is 15.1. The number of amides is 1. The van der Waals surface area contributed by atoms with Gasteiger partial charge in [-0.1, -0.05) is 24.3 Å². The van der Waals surface area contributed by atoms with Crippen LogP contribution in [0.1, 0.15) is 16.1 Å². The van der Waals surface area contributed by atoms with Crippen LogP contribution in [0.3, 0.4) is 0 Å². The average Bonchev–Trinajstić information content (AvgIpc) is 2.52. The molecule has 108 valence electrons. The molecule has 0 aliphatic heterocycles. The van der Waals surface area contributed by atoms with Crippen molar-refractivity contribution in [3.05, 3.63) is 66.4 Å². The number of aromatic nitrogens is 2. The molecule has 0 fully saturated rings. The molecule has 0 atom stereocenters. The molecule has 2 aromatic rings. The molecule has 2 N–H and O–H groups in total. The molecule has 1 amide bonds. The average molecular weight is 286 g/mol. The van der Waals surface area contributed by atoms with Crippen LogP contribution >= 0.6 is 0 Å². The fraction of sp³-hybridized carbons (Fsp3) is 0.133. The monoisotopic (exact) mass is 286 g/mol. The quantitative estimate of drug-likeness (QED) is 0.798. The largest absolute Gasteiger partial charge is 0.365 e. The van der Waals surface area contributed by atoms with Crippen LogP contribution in [-0.4, -0.2) is 22.4 Å². The van der Waals surface area contributed by atoms with Gasteiger partial charge in [0.25, 0.3) is 5.91 Å². The molecular formula is C15H15FN4O. The summed E-state index contributed by atoms with van der Waals surface area (Å²) in [5.74, 6) is -0.125. The number of benzene rings is 1. The Morgan fingerprint density at radius 1 is 1.29 bits per heavy atom. The molecule has 6 heteroatoms. The van der Waals surface area contributed by atoms with Crippen LogP contribution < -0.4 is 10.6 Å². The summed E-state index contributed by atoms with van der Waals surface area (Å²) in [5, 5.41) is 5.55. The van der Waals surface area contributed by atoms with Crippen molar-refractivity contribution in [3.63, 3.8) is 0 Å². The lowest BCUT2D eigenvalue weighted by Crippen LogP contribution is -2.24. The van der Waals surface area contributed by atoms with E-state index in [0.29, 0.717) is 24.5 Å². The Hall–Kier alpha value is -2.76. The van der Waals surface area contributed by atoms with Crippen molar-refractivity contribution in [2.45, 2.75) is 6.54 Å². The number of carbonyl (C=O) groups excluding carboxylic acids is 1. The summed E-state index contributed by atoms with van der Waals surface area (Å²) >= 11 is 0. The standard InChI is InChI=1S/C15H15FN4O/c1-2-7-17-15(21)13-9-20-14(10-18-13)19-8-11-5-3-4-6-12(11)16/h2-6,9-10H,1,7-8H2,(H,17,21)(H,19,20). The minimum absolute atomic E-state index is 0.216. The molecule has 0 spiro atoms. The van der Waals surface area contributed by atoms with Gasteiger partial charge in [0.2, 0.25) is 0 Å². The highest BCUT2D eigenvalue weighted by Gasteiger charge is 2.07. The zero-order valence-corrected chi connectivity index (χ0v) is 11.3. The Morgan fingerprint density at radius 3 is 2.76 bits per heavy atom. The van der Waals surface area contributed by atoms with Gasteiger partial charge in [0.15, 0.2) is 0 Å². The number of rotatable bonds is 6. The number of carbonyl (C=O) groups is 1. The SMILES string of the molecule is C=CCNC(=O)c1cnc(NCc2ccccc2F)cn1. The van der Waals surface area contributed by atoms with Crippen molar-refractivity contribution < 1.29 is 9.18 Å². The van der Waals surface area contributed by atoms with Crippen molar-refractivity contribution in [2.24, 2.45) is 0 Å². The maximum atomic E-state index is 13.4. The molecule has 21 heavy (non-hydrogen) atoms. The van der Waals surface area contributed by atoms with Crippen LogP contribution in [0.4, 0.5) is 10.2 Å². The first-order valence-corrected chi connectivity index (χ1v) is 6.39. The van der Waals surface area contributed by atoms with Crippen molar-refractivity contribution in [2.75, 3.05) is 11.9 Å². The molecule has 0 radical (unpaired) electrons. The lowest BCUT2D eigenvalue weighted by molar-refractivity contribution is 0.0952. The summed E-state index contributed by atoms with van der Waals surface area (Å²) in [5.41, 5.74) is 0.750. The maximum absolute atomic E-state index is 13.4.